The van der Waals surface area contributed by atoms with Gasteiger partial charge < -0.3 is 4.90 Å². The van der Waals surface area contributed by atoms with Crippen LogP contribution in [0.4, 0.5) is 0 Å². The van der Waals surface area contributed by atoms with Gasteiger partial charge in [-0.05, 0) is 50.0 Å². The monoisotopic (exact) mass is 405 g/mol. The second-order valence-corrected chi connectivity index (χ2v) is 9.79. The highest BCUT2D eigenvalue weighted by molar-refractivity contribution is 7.99. The Morgan fingerprint density at radius 2 is 2.19 bits per heavy atom. The third-order valence-corrected chi connectivity index (χ3v) is 7.72. The van der Waals surface area contributed by atoms with Crippen molar-refractivity contribution in [2.45, 2.75) is 64.1 Å². The minimum Gasteiger partial charge on any atom is -0.342 e. The number of aromatic nitrogens is 2. The summed E-state index contributed by atoms with van der Waals surface area (Å²) in [6.45, 7) is 6.64. The Hall–Kier alpha value is -1.34. The number of amides is 1. The van der Waals surface area contributed by atoms with E-state index in [-0.39, 0.29) is 11.5 Å². The molecule has 1 amide bonds. The lowest BCUT2D eigenvalue weighted by molar-refractivity contribution is -0.130. The van der Waals surface area contributed by atoms with Crippen molar-refractivity contribution in [1.82, 2.24) is 14.5 Å². The summed E-state index contributed by atoms with van der Waals surface area (Å²) >= 11 is 3.10. The molecule has 0 saturated carbocycles. The second kappa shape index (κ2) is 7.95. The van der Waals surface area contributed by atoms with Crippen LogP contribution in [-0.2, 0) is 24.2 Å². The Labute approximate surface area is 168 Å². The molecule has 0 spiro atoms. The SMILES string of the molecule is CCCn1c(SCC(=O)N2CCCC(C)C2)nc2sc3c(c2c1=O)CCC3. The van der Waals surface area contributed by atoms with E-state index in [0.29, 0.717) is 23.4 Å². The van der Waals surface area contributed by atoms with Crippen molar-refractivity contribution in [1.29, 1.82) is 0 Å². The van der Waals surface area contributed by atoms with Crippen LogP contribution in [0.15, 0.2) is 9.95 Å². The first-order valence-electron chi connectivity index (χ1n) is 10.0. The summed E-state index contributed by atoms with van der Waals surface area (Å²) in [5, 5.41) is 1.54. The second-order valence-electron chi connectivity index (χ2n) is 7.76. The van der Waals surface area contributed by atoms with Gasteiger partial charge in [-0.25, -0.2) is 4.98 Å². The maximum atomic E-state index is 13.2. The van der Waals surface area contributed by atoms with E-state index in [1.807, 2.05) is 4.90 Å². The van der Waals surface area contributed by atoms with Crippen LogP contribution < -0.4 is 5.56 Å². The lowest BCUT2D eigenvalue weighted by atomic mass is 10.0. The molecule has 1 fully saturated rings. The fourth-order valence-electron chi connectivity index (χ4n) is 4.22. The normalized spacial score (nSPS) is 19.6. The molecule has 0 bridgehead atoms. The lowest BCUT2D eigenvalue weighted by Gasteiger charge is -2.30. The van der Waals surface area contributed by atoms with Crippen LogP contribution in [0, 0.1) is 5.92 Å². The Morgan fingerprint density at radius 3 is 2.96 bits per heavy atom. The molecule has 0 radical (unpaired) electrons. The minimum absolute atomic E-state index is 0.0859. The molecule has 2 aromatic heterocycles. The number of thiophene rings is 1. The Morgan fingerprint density at radius 1 is 1.33 bits per heavy atom. The van der Waals surface area contributed by atoms with Gasteiger partial charge in [0.2, 0.25) is 5.91 Å². The zero-order valence-electron chi connectivity index (χ0n) is 16.1. The molecular formula is C20H27N3O2S2. The Balaban J connectivity index is 1.60. The van der Waals surface area contributed by atoms with Gasteiger partial charge in [-0.1, -0.05) is 25.6 Å². The highest BCUT2D eigenvalue weighted by atomic mass is 32.2. The van der Waals surface area contributed by atoms with E-state index in [4.69, 9.17) is 4.98 Å². The largest absolute Gasteiger partial charge is 0.342 e. The average molecular weight is 406 g/mol. The first-order chi connectivity index (χ1) is 13.1. The predicted molar refractivity (Wildman–Crippen MR) is 112 cm³/mol. The predicted octanol–water partition coefficient (Wildman–Crippen LogP) is 3.71. The smallest absolute Gasteiger partial charge is 0.263 e. The summed E-state index contributed by atoms with van der Waals surface area (Å²) in [6, 6.07) is 0. The Bertz CT molecular complexity index is 918. The van der Waals surface area contributed by atoms with Gasteiger partial charge in [0.05, 0.1) is 11.1 Å². The zero-order valence-corrected chi connectivity index (χ0v) is 17.8. The van der Waals surface area contributed by atoms with Crippen LogP contribution in [0.5, 0.6) is 0 Å². The topological polar surface area (TPSA) is 55.2 Å². The molecular weight excluding hydrogens is 378 g/mol. The number of aryl methyl sites for hydroxylation is 2. The number of rotatable bonds is 5. The number of carbonyl (C=O) groups is 1. The molecule has 7 heteroatoms. The first-order valence-corrected chi connectivity index (χ1v) is 11.8. The number of nitrogens with zero attached hydrogens (tertiary/aromatic N) is 3. The lowest BCUT2D eigenvalue weighted by Crippen LogP contribution is -2.40. The molecule has 0 aromatic carbocycles. The van der Waals surface area contributed by atoms with E-state index in [1.165, 1.54) is 28.6 Å². The van der Waals surface area contributed by atoms with Crippen molar-refractivity contribution in [3.63, 3.8) is 0 Å². The zero-order chi connectivity index (χ0) is 19.0. The van der Waals surface area contributed by atoms with Crippen LogP contribution in [0.1, 0.15) is 50.0 Å². The summed E-state index contributed by atoms with van der Waals surface area (Å²) in [7, 11) is 0. The van der Waals surface area contributed by atoms with Gasteiger partial charge in [-0.15, -0.1) is 11.3 Å². The quantitative estimate of drug-likeness (QED) is 0.562. The number of hydrogen-bond donors (Lipinski definition) is 0. The van der Waals surface area contributed by atoms with E-state index in [0.717, 1.165) is 55.4 Å². The van der Waals surface area contributed by atoms with E-state index >= 15 is 0 Å². The number of thioether (sulfide) groups is 1. The number of piperidine rings is 1. The van der Waals surface area contributed by atoms with Crippen LogP contribution in [0.3, 0.4) is 0 Å². The van der Waals surface area contributed by atoms with E-state index in [1.54, 1.807) is 15.9 Å². The van der Waals surface area contributed by atoms with Gasteiger partial charge in [-0.2, -0.15) is 0 Å². The van der Waals surface area contributed by atoms with Gasteiger partial charge in [0.25, 0.3) is 5.56 Å². The summed E-state index contributed by atoms with van der Waals surface area (Å²) in [5.74, 6) is 1.10. The molecule has 1 saturated heterocycles. The van der Waals surface area contributed by atoms with Crippen molar-refractivity contribution >= 4 is 39.2 Å². The van der Waals surface area contributed by atoms with Crippen molar-refractivity contribution in [3.8, 4) is 0 Å². The van der Waals surface area contributed by atoms with E-state index < -0.39 is 0 Å². The maximum Gasteiger partial charge on any atom is 0.263 e. The van der Waals surface area contributed by atoms with Crippen LogP contribution in [0.2, 0.25) is 0 Å². The van der Waals surface area contributed by atoms with Gasteiger partial charge >= 0.3 is 0 Å². The van der Waals surface area contributed by atoms with Gasteiger partial charge in [0.1, 0.15) is 4.83 Å². The fraction of sp³-hybridized carbons (Fsp3) is 0.650. The van der Waals surface area contributed by atoms with Crippen LogP contribution in [-0.4, -0.2) is 39.2 Å². The third-order valence-electron chi connectivity index (χ3n) is 5.57. The highest BCUT2D eigenvalue weighted by Gasteiger charge is 2.25. The molecule has 4 rings (SSSR count). The fourth-order valence-corrected chi connectivity index (χ4v) is 6.45. The first kappa shape index (κ1) is 19.0. The van der Waals surface area contributed by atoms with E-state index in [9.17, 15) is 9.59 Å². The van der Waals surface area contributed by atoms with Crippen molar-refractivity contribution < 1.29 is 4.79 Å². The van der Waals surface area contributed by atoms with Crippen LogP contribution >= 0.6 is 23.1 Å². The minimum atomic E-state index is 0.0859. The van der Waals surface area contributed by atoms with Gasteiger partial charge in [0, 0.05) is 24.5 Å². The molecule has 2 aliphatic rings. The molecule has 1 aliphatic heterocycles. The molecule has 1 unspecified atom stereocenters. The van der Waals surface area contributed by atoms with Gasteiger partial charge in [-0.3, -0.25) is 14.2 Å². The van der Waals surface area contributed by atoms with Gasteiger partial charge in [0.15, 0.2) is 5.16 Å². The molecule has 0 N–H and O–H groups in total. The molecule has 27 heavy (non-hydrogen) atoms. The molecule has 3 heterocycles. The number of hydrogen-bond acceptors (Lipinski definition) is 5. The van der Waals surface area contributed by atoms with Crippen molar-refractivity contribution in [3.05, 3.63) is 20.8 Å². The Kier molecular flexibility index (Phi) is 5.60. The maximum absolute atomic E-state index is 13.2. The molecule has 1 atom stereocenters. The van der Waals surface area contributed by atoms with Crippen LogP contribution in [0.25, 0.3) is 10.2 Å². The van der Waals surface area contributed by atoms with E-state index in [2.05, 4.69) is 13.8 Å². The molecule has 1 aliphatic carbocycles. The summed E-state index contributed by atoms with van der Waals surface area (Å²) in [5.41, 5.74) is 1.31. The standard InChI is InChI=1S/C20H27N3O2S2/c1-3-9-23-19(25)17-14-7-4-8-15(14)27-18(17)21-20(23)26-12-16(24)22-10-5-6-13(2)11-22/h13H,3-12H2,1-2H3. The third kappa shape index (κ3) is 3.68. The van der Waals surface area contributed by atoms with Crippen molar-refractivity contribution in [2.24, 2.45) is 5.92 Å². The summed E-state index contributed by atoms with van der Waals surface area (Å²) in [6.07, 6.45) is 6.37. The average Bonchev–Trinajstić information content (AvgIpc) is 3.23. The molecule has 2 aromatic rings. The molecule has 5 nitrogen and oxygen atoms in total. The molecule has 146 valence electrons. The number of fused-ring (bicyclic) bond motifs is 3. The number of carbonyl (C=O) groups excluding carboxylic acids is 1. The number of likely N-dealkylation sites (tertiary alicyclic amines) is 1. The highest BCUT2D eigenvalue weighted by Crippen LogP contribution is 2.35. The summed E-state index contributed by atoms with van der Waals surface area (Å²) < 4.78 is 1.80. The summed E-state index contributed by atoms with van der Waals surface area (Å²) in [4.78, 5) is 34.8. The van der Waals surface area contributed by atoms with Crippen molar-refractivity contribution in [2.75, 3.05) is 18.8 Å².